The second-order valence-corrected chi connectivity index (χ2v) is 9.06. The van der Waals surface area contributed by atoms with Gasteiger partial charge in [0.25, 0.3) is 5.91 Å². The lowest BCUT2D eigenvalue weighted by Gasteiger charge is -2.19. The molecule has 166 valence electrons. The molecule has 0 aliphatic heterocycles. The largest absolute Gasteiger partial charge is 0.352 e. The van der Waals surface area contributed by atoms with Gasteiger partial charge >= 0.3 is 0 Å². The van der Waals surface area contributed by atoms with Gasteiger partial charge in [0.15, 0.2) is 0 Å². The molecule has 31 heavy (non-hydrogen) atoms. The van der Waals surface area contributed by atoms with Crippen molar-refractivity contribution in [3.05, 3.63) is 58.4 Å². The van der Waals surface area contributed by atoms with Crippen molar-refractivity contribution in [3.63, 3.8) is 0 Å². The normalized spacial score (nSPS) is 11.9. The van der Waals surface area contributed by atoms with Crippen LogP contribution in [0.1, 0.15) is 36.5 Å². The maximum Gasteiger partial charge on any atom is 0.252 e. The zero-order chi connectivity index (χ0) is 22.6. The van der Waals surface area contributed by atoms with Crippen LogP contribution in [0, 0.1) is 6.92 Å². The van der Waals surface area contributed by atoms with Gasteiger partial charge in [-0.15, -0.1) is 0 Å². The molecule has 10 heteroatoms. The highest BCUT2D eigenvalue weighted by atomic mass is 32.2. The van der Waals surface area contributed by atoms with E-state index in [0.29, 0.717) is 43.5 Å². The molecular formula is C21H27N5O4S. The van der Waals surface area contributed by atoms with Crippen LogP contribution in [0.2, 0.25) is 0 Å². The quantitative estimate of drug-likeness (QED) is 0.488. The molecule has 3 aromatic rings. The molecule has 0 spiro atoms. The van der Waals surface area contributed by atoms with Crippen molar-refractivity contribution in [1.29, 1.82) is 0 Å². The number of carbonyl (C=O) groups is 1. The number of benzene rings is 1. The molecule has 0 aliphatic rings. The van der Waals surface area contributed by atoms with Crippen LogP contribution in [0.3, 0.4) is 0 Å². The number of aromatic nitrogens is 3. The summed E-state index contributed by atoms with van der Waals surface area (Å²) in [5.41, 5.74) is 0.130. The van der Waals surface area contributed by atoms with Gasteiger partial charge in [-0.25, -0.2) is 13.4 Å². The number of sulfonamides is 1. The SMILES string of the molecule is CCN(CC)S(=O)(=O)c1ccc2[nH]c(=O)cc(C(=O)NCCCn3ccnc3C)c2c1. The van der Waals surface area contributed by atoms with E-state index in [1.54, 1.807) is 20.0 Å². The van der Waals surface area contributed by atoms with Crippen molar-refractivity contribution in [2.24, 2.45) is 0 Å². The molecule has 0 radical (unpaired) electrons. The third-order valence-corrected chi connectivity index (χ3v) is 7.23. The summed E-state index contributed by atoms with van der Waals surface area (Å²) in [5, 5.41) is 3.20. The fourth-order valence-electron chi connectivity index (χ4n) is 3.48. The van der Waals surface area contributed by atoms with Crippen molar-refractivity contribution in [2.75, 3.05) is 19.6 Å². The molecule has 0 bridgehead atoms. The predicted octanol–water partition coefficient (Wildman–Crippen LogP) is 1.88. The smallest absolute Gasteiger partial charge is 0.252 e. The number of rotatable bonds is 9. The van der Waals surface area contributed by atoms with E-state index in [1.807, 2.05) is 17.7 Å². The minimum atomic E-state index is -3.69. The molecule has 0 saturated carbocycles. The molecule has 2 aromatic heterocycles. The van der Waals surface area contributed by atoms with Crippen LogP contribution in [-0.4, -0.2) is 52.8 Å². The summed E-state index contributed by atoms with van der Waals surface area (Å²) in [7, 11) is -3.69. The van der Waals surface area contributed by atoms with Crippen LogP contribution in [0.25, 0.3) is 10.9 Å². The van der Waals surface area contributed by atoms with E-state index in [2.05, 4.69) is 15.3 Å². The number of imidazole rings is 1. The van der Waals surface area contributed by atoms with Crippen LogP contribution < -0.4 is 10.9 Å². The number of aryl methyl sites for hydroxylation is 2. The first-order valence-corrected chi connectivity index (χ1v) is 11.6. The Kier molecular flexibility index (Phi) is 6.91. The summed E-state index contributed by atoms with van der Waals surface area (Å²) in [6.45, 7) is 7.23. The van der Waals surface area contributed by atoms with E-state index >= 15 is 0 Å². The van der Waals surface area contributed by atoms with Gasteiger partial charge in [0, 0.05) is 55.5 Å². The minimum absolute atomic E-state index is 0.0837. The molecule has 1 aromatic carbocycles. The fraction of sp³-hybridized carbons (Fsp3) is 0.381. The minimum Gasteiger partial charge on any atom is -0.352 e. The number of carbonyl (C=O) groups excluding carboxylic acids is 1. The summed E-state index contributed by atoms with van der Waals surface area (Å²) in [4.78, 5) is 31.7. The average Bonchev–Trinajstić information content (AvgIpc) is 3.15. The van der Waals surface area contributed by atoms with Crippen LogP contribution in [0.15, 0.2) is 46.3 Å². The maximum absolute atomic E-state index is 12.9. The van der Waals surface area contributed by atoms with Gasteiger partial charge in [-0.05, 0) is 31.5 Å². The first-order valence-electron chi connectivity index (χ1n) is 10.2. The lowest BCUT2D eigenvalue weighted by molar-refractivity contribution is 0.0954. The number of fused-ring (bicyclic) bond motifs is 1. The first kappa shape index (κ1) is 22.7. The molecule has 1 amide bonds. The van der Waals surface area contributed by atoms with Crippen molar-refractivity contribution in [2.45, 2.75) is 38.6 Å². The Morgan fingerprint density at radius 3 is 2.61 bits per heavy atom. The summed E-state index contributed by atoms with van der Waals surface area (Å²) in [5.74, 6) is 0.477. The van der Waals surface area contributed by atoms with Crippen LogP contribution in [0.4, 0.5) is 0 Å². The number of H-pyrrole nitrogens is 1. The molecule has 3 rings (SSSR count). The van der Waals surface area contributed by atoms with E-state index in [9.17, 15) is 18.0 Å². The second kappa shape index (κ2) is 9.44. The van der Waals surface area contributed by atoms with E-state index in [1.165, 1.54) is 28.6 Å². The van der Waals surface area contributed by atoms with E-state index < -0.39 is 21.5 Å². The summed E-state index contributed by atoms with van der Waals surface area (Å²) >= 11 is 0. The number of nitrogens with zero attached hydrogens (tertiary/aromatic N) is 3. The molecule has 0 saturated heterocycles. The number of pyridine rings is 1. The average molecular weight is 446 g/mol. The molecule has 2 N–H and O–H groups in total. The van der Waals surface area contributed by atoms with Crippen LogP contribution in [-0.2, 0) is 16.6 Å². The van der Waals surface area contributed by atoms with Crippen molar-refractivity contribution in [1.82, 2.24) is 24.2 Å². The number of aromatic amines is 1. The highest BCUT2D eigenvalue weighted by Gasteiger charge is 2.23. The Morgan fingerprint density at radius 2 is 1.97 bits per heavy atom. The standard InChI is InChI=1S/C21H27N5O4S/c1-4-26(5-2)31(29,30)16-7-8-19-17(13-16)18(14-20(27)24-19)21(28)23-9-6-11-25-12-10-22-15(25)3/h7-8,10,12-14H,4-6,9,11H2,1-3H3,(H,23,28)(H,24,27). The van der Waals surface area contributed by atoms with Gasteiger partial charge in [-0.1, -0.05) is 13.8 Å². The second-order valence-electron chi connectivity index (χ2n) is 7.12. The summed E-state index contributed by atoms with van der Waals surface area (Å²) < 4.78 is 29.1. The third kappa shape index (κ3) is 4.86. The van der Waals surface area contributed by atoms with Gasteiger partial charge < -0.3 is 14.9 Å². The molecular weight excluding hydrogens is 418 g/mol. The highest BCUT2D eigenvalue weighted by molar-refractivity contribution is 7.89. The Bertz CT molecular complexity index is 1240. The molecule has 0 unspecified atom stereocenters. The molecule has 9 nitrogen and oxygen atoms in total. The zero-order valence-electron chi connectivity index (χ0n) is 17.9. The van der Waals surface area contributed by atoms with Gasteiger partial charge in [-0.3, -0.25) is 9.59 Å². The molecule has 0 aliphatic carbocycles. The Hall–Kier alpha value is -2.98. The lowest BCUT2D eigenvalue weighted by atomic mass is 10.1. The predicted molar refractivity (Wildman–Crippen MR) is 119 cm³/mol. The van der Waals surface area contributed by atoms with Crippen LogP contribution in [0.5, 0.6) is 0 Å². The Morgan fingerprint density at radius 1 is 1.23 bits per heavy atom. The third-order valence-electron chi connectivity index (χ3n) is 5.19. The van der Waals surface area contributed by atoms with Gasteiger partial charge in [0.05, 0.1) is 10.5 Å². The van der Waals surface area contributed by atoms with Crippen molar-refractivity contribution >= 4 is 26.8 Å². The van der Waals surface area contributed by atoms with Gasteiger partial charge in [0.1, 0.15) is 5.82 Å². The highest BCUT2D eigenvalue weighted by Crippen LogP contribution is 2.22. The monoisotopic (exact) mass is 445 g/mol. The van der Waals surface area contributed by atoms with E-state index in [4.69, 9.17) is 0 Å². The molecule has 0 atom stereocenters. The van der Waals surface area contributed by atoms with Gasteiger partial charge in [0.2, 0.25) is 15.6 Å². The van der Waals surface area contributed by atoms with E-state index in [0.717, 1.165) is 5.82 Å². The summed E-state index contributed by atoms with van der Waals surface area (Å²) in [6.07, 6.45) is 4.28. The first-order chi connectivity index (χ1) is 14.8. The summed E-state index contributed by atoms with van der Waals surface area (Å²) in [6, 6.07) is 5.61. The Balaban J connectivity index is 1.85. The number of hydrogen-bond acceptors (Lipinski definition) is 5. The fourth-order valence-corrected chi connectivity index (χ4v) is 4.97. The van der Waals surface area contributed by atoms with Crippen molar-refractivity contribution in [3.8, 4) is 0 Å². The lowest BCUT2D eigenvalue weighted by Crippen LogP contribution is -2.30. The van der Waals surface area contributed by atoms with Crippen LogP contribution >= 0.6 is 0 Å². The van der Waals surface area contributed by atoms with E-state index in [-0.39, 0.29) is 10.5 Å². The molecule has 2 heterocycles. The molecule has 0 fully saturated rings. The van der Waals surface area contributed by atoms with Gasteiger partial charge in [-0.2, -0.15) is 4.31 Å². The topological polar surface area (TPSA) is 117 Å². The maximum atomic E-state index is 12.9. The number of nitrogens with one attached hydrogen (secondary N) is 2. The number of amides is 1. The zero-order valence-corrected chi connectivity index (χ0v) is 18.7. The number of hydrogen-bond donors (Lipinski definition) is 2. The Labute approximate surface area is 181 Å². The van der Waals surface area contributed by atoms with Crippen molar-refractivity contribution < 1.29 is 13.2 Å².